The van der Waals surface area contributed by atoms with E-state index in [0.717, 1.165) is 60.9 Å². The zero-order chi connectivity index (χ0) is 22.2. The molecule has 2 aliphatic heterocycles. The average molecular weight is 443 g/mol. The number of pyridine rings is 1. The molecule has 4 aromatic rings. The first kappa shape index (κ1) is 19.9. The monoisotopic (exact) mass is 442 g/mol. The lowest BCUT2D eigenvalue weighted by molar-refractivity contribution is -0.136. The molecule has 0 aliphatic carbocycles. The van der Waals surface area contributed by atoms with Crippen molar-refractivity contribution in [1.82, 2.24) is 29.2 Å². The van der Waals surface area contributed by atoms with E-state index in [0.29, 0.717) is 19.6 Å². The minimum absolute atomic E-state index is 0.0190. The SMILES string of the molecule is O=C(C1CCCN(c2nc3ncccc3n3cccc23)C1)N1CCN(c2ncccn2)CC1. The second-order valence-corrected chi connectivity index (χ2v) is 8.69. The van der Waals surface area contributed by atoms with Gasteiger partial charge in [-0.15, -0.1) is 0 Å². The summed E-state index contributed by atoms with van der Waals surface area (Å²) >= 11 is 0. The van der Waals surface area contributed by atoms with Crippen molar-refractivity contribution in [3.8, 4) is 0 Å². The van der Waals surface area contributed by atoms with Crippen LogP contribution in [0.25, 0.3) is 16.7 Å². The van der Waals surface area contributed by atoms with E-state index < -0.39 is 0 Å². The van der Waals surface area contributed by atoms with E-state index in [1.807, 2.05) is 35.4 Å². The van der Waals surface area contributed by atoms with Gasteiger partial charge in [0, 0.05) is 64.1 Å². The van der Waals surface area contributed by atoms with Crippen LogP contribution in [0.2, 0.25) is 0 Å². The maximum atomic E-state index is 13.4. The number of aromatic nitrogens is 5. The number of piperazine rings is 1. The number of amides is 1. The Morgan fingerprint density at radius 3 is 2.48 bits per heavy atom. The summed E-state index contributed by atoms with van der Waals surface area (Å²) in [6, 6.07) is 9.91. The predicted octanol–water partition coefficient (Wildman–Crippen LogP) is 2.24. The van der Waals surface area contributed by atoms with Gasteiger partial charge in [-0.1, -0.05) is 0 Å². The summed E-state index contributed by atoms with van der Waals surface area (Å²) in [5, 5.41) is 0. The third-order valence-corrected chi connectivity index (χ3v) is 6.71. The summed E-state index contributed by atoms with van der Waals surface area (Å²) in [5.41, 5.74) is 2.77. The van der Waals surface area contributed by atoms with Gasteiger partial charge in [0.05, 0.1) is 17.0 Å². The first-order chi connectivity index (χ1) is 16.3. The average Bonchev–Trinajstić information content (AvgIpc) is 3.39. The standard InChI is InChI=1S/C24H26N8O/c33-23(29-13-15-30(16-14-29)24-26-9-4-10-27-24)18-5-2-11-31(17-18)22-20-7-3-12-32(20)19-6-1-8-25-21(19)28-22/h1,3-4,6-10,12,18H,2,5,11,13-17H2. The Bertz CT molecular complexity index is 1280. The largest absolute Gasteiger partial charge is 0.354 e. The zero-order valence-corrected chi connectivity index (χ0v) is 18.4. The van der Waals surface area contributed by atoms with E-state index >= 15 is 0 Å². The Morgan fingerprint density at radius 2 is 1.64 bits per heavy atom. The molecule has 0 aromatic carbocycles. The molecule has 2 saturated heterocycles. The quantitative estimate of drug-likeness (QED) is 0.481. The van der Waals surface area contributed by atoms with E-state index in [4.69, 9.17) is 4.98 Å². The summed E-state index contributed by atoms with van der Waals surface area (Å²) in [6.07, 6.45) is 9.23. The lowest BCUT2D eigenvalue weighted by Gasteiger charge is -2.39. The molecule has 9 heteroatoms. The van der Waals surface area contributed by atoms with Crippen molar-refractivity contribution in [3.05, 3.63) is 55.1 Å². The molecular weight excluding hydrogens is 416 g/mol. The highest BCUT2D eigenvalue weighted by molar-refractivity contribution is 5.84. The lowest BCUT2D eigenvalue weighted by atomic mass is 9.96. The van der Waals surface area contributed by atoms with Crippen molar-refractivity contribution in [2.75, 3.05) is 49.1 Å². The Morgan fingerprint density at radius 1 is 0.848 bits per heavy atom. The molecule has 6 heterocycles. The molecule has 0 radical (unpaired) electrons. The van der Waals surface area contributed by atoms with Crippen LogP contribution in [0.4, 0.5) is 11.8 Å². The van der Waals surface area contributed by atoms with Crippen molar-refractivity contribution in [2.45, 2.75) is 12.8 Å². The number of hydrogen-bond acceptors (Lipinski definition) is 7. The van der Waals surface area contributed by atoms with Crippen LogP contribution in [0.15, 0.2) is 55.1 Å². The maximum Gasteiger partial charge on any atom is 0.227 e. The summed E-state index contributed by atoms with van der Waals surface area (Å²) < 4.78 is 2.14. The smallest absolute Gasteiger partial charge is 0.227 e. The van der Waals surface area contributed by atoms with Gasteiger partial charge < -0.3 is 19.1 Å². The fourth-order valence-electron chi connectivity index (χ4n) is 5.04. The highest BCUT2D eigenvalue weighted by Gasteiger charge is 2.32. The van der Waals surface area contributed by atoms with E-state index in [1.54, 1.807) is 18.6 Å². The molecule has 33 heavy (non-hydrogen) atoms. The van der Waals surface area contributed by atoms with Crippen LogP contribution in [-0.2, 0) is 4.79 Å². The molecule has 2 aliphatic rings. The normalized spacial score (nSPS) is 19.4. The minimum Gasteiger partial charge on any atom is -0.354 e. The Balaban J connectivity index is 1.19. The third kappa shape index (κ3) is 3.63. The number of carbonyl (C=O) groups is 1. The fraction of sp³-hybridized carbons (Fsp3) is 0.375. The van der Waals surface area contributed by atoms with E-state index in [1.165, 1.54) is 0 Å². The van der Waals surface area contributed by atoms with Crippen molar-refractivity contribution in [1.29, 1.82) is 0 Å². The van der Waals surface area contributed by atoms with Gasteiger partial charge in [-0.25, -0.2) is 19.9 Å². The number of piperidine rings is 1. The Hall–Kier alpha value is -3.75. The number of nitrogens with zero attached hydrogens (tertiary/aromatic N) is 8. The molecule has 4 aromatic heterocycles. The fourth-order valence-corrected chi connectivity index (χ4v) is 5.04. The highest BCUT2D eigenvalue weighted by Crippen LogP contribution is 2.29. The van der Waals surface area contributed by atoms with Crippen LogP contribution in [0.5, 0.6) is 0 Å². The van der Waals surface area contributed by atoms with Gasteiger partial charge in [-0.05, 0) is 43.2 Å². The molecule has 0 spiro atoms. The van der Waals surface area contributed by atoms with Crippen LogP contribution in [0.3, 0.4) is 0 Å². The summed E-state index contributed by atoms with van der Waals surface area (Å²) in [4.78, 5) is 37.9. The molecule has 168 valence electrons. The Kier molecular flexibility index (Phi) is 5.01. The molecule has 6 rings (SSSR count). The maximum absolute atomic E-state index is 13.4. The number of carbonyl (C=O) groups excluding carboxylic acids is 1. The van der Waals surface area contributed by atoms with Crippen molar-refractivity contribution in [2.24, 2.45) is 5.92 Å². The molecule has 1 amide bonds. The van der Waals surface area contributed by atoms with E-state index in [2.05, 4.69) is 35.2 Å². The van der Waals surface area contributed by atoms with Crippen molar-refractivity contribution >= 4 is 34.4 Å². The predicted molar refractivity (Wildman–Crippen MR) is 126 cm³/mol. The van der Waals surface area contributed by atoms with E-state index in [9.17, 15) is 4.79 Å². The molecule has 0 N–H and O–H groups in total. The number of rotatable bonds is 3. The molecule has 1 unspecified atom stereocenters. The topological polar surface area (TPSA) is 82.8 Å². The summed E-state index contributed by atoms with van der Waals surface area (Å²) in [6.45, 7) is 4.51. The first-order valence-electron chi connectivity index (χ1n) is 11.6. The lowest BCUT2D eigenvalue weighted by Crippen LogP contribution is -2.53. The first-order valence-corrected chi connectivity index (χ1v) is 11.6. The summed E-state index contributed by atoms with van der Waals surface area (Å²) in [7, 11) is 0. The van der Waals surface area contributed by atoms with Crippen molar-refractivity contribution in [3.63, 3.8) is 0 Å². The van der Waals surface area contributed by atoms with Crippen LogP contribution in [0.1, 0.15) is 12.8 Å². The van der Waals surface area contributed by atoms with Crippen LogP contribution >= 0.6 is 0 Å². The van der Waals surface area contributed by atoms with Gasteiger partial charge in [0.25, 0.3) is 0 Å². The van der Waals surface area contributed by atoms with Gasteiger partial charge in [-0.3, -0.25) is 4.79 Å². The molecular formula is C24H26N8O. The Labute approximate surface area is 191 Å². The van der Waals surface area contributed by atoms with Crippen LogP contribution in [-0.4, -0.2) is 74.4 Å². The third-order valence-electron chi connectivity index (χ3n) is 6.71. The minimum atomic E-state index is -0.0190. The molecule has 9 nitrogen and oxygen atoms in total. The number of hydrogen-bond donors (Lipinski definition) is 0. The van der Waals surface area contributed by atoms with Crippen molar-refractivity contribution < 1.29 is 4.79 Å². The molecule has 2 fully saturated rings. The number of anilines is 2. The van der Waals surface area contributed by atoms with E-state index in [-0.39, 0.29) is 11.8 Å². The molecule has 1 atom stereocenters. The van der Waals surface area contributed by atoms with Gasteiger partial charge in [0.1, 0.15) is 0 Å². The highest BCUT2D eigenvalue weighted by atomic mass is 16.2. The van der Waals surface area contributed by atoms with Gasteiger partial charge in [0.2, 0.25) is 11.9 Å². The zero-order valence-electron chi connectivity index (χ0n) is 18.4. The van der Waals surface area contributed by atoms with Crippen LogP contribution in [0, 0.1) is 5.92 Å². The second kappa shape index (κ2) is 8.31. The van der Waals surface area contributed by atoms with Gasteiger partial charge >= 0.3 is 0 Å². The number of fused-ring (bicyclic) bond motifs is 3. The van der Waals surface area contributed by atoms with Gasteiger partial charge in [0.15, 0.2) is 11.5 Å². The van der Waals surface area contributed by atoms with Gasteiger partial charge in [-0.2, -0.15) is 0 Å². The molecule has 0 saturated carbocycles. The summed E-state index contributed by atoms with van der Waals surface area (Å²) in [5.74, 6) is 1.88. The van der Waals surface area contributed by atoms with Crippen LogP contribution < -0.4 is 9.80 Å². The molecule has 0 bridgehead atoms. The second-order valence-electron chi connectivity index (χ2n) is 8.69.